The second kappa shape index (κ2) is 12.9. The van der Waals surface area contributed by atoms with Crippen molar-refractivity contribution < 1.29 is 28.2 Å². The standard InChI is InChI=1S/C31H37F2NO4/c1-6-10-31(3,4)17-23-11-20(8-9-26(23)27-16-29(37-5)34-18-28(27)33)19-38-25-13-22(12-24(32)15-25)21(7-2)14-30(35)36/h8-9,11-13,15-16,18,21H,6-7,10,14,17,19H2,1-5H3,(H,35,36). The Morgan fingerprint density at radius 3 is 2.50 bits per heavy atom. The minimum atomic E-state index is -0.926. The number of nitrogens with zero attached hydrogens (tertiary/aromatic N) is 1. The first-order valence-corrected chi connectivity index (χ1v) is 13.0. The fraction of sp³-hybridized carbons (Fsp3) is 0.419. The Hall–Kier alpha value is -3.48. The van der Waals surface area contributed by atoms with E-state index in [1.54, 1.807) is 12.1 Å². The fourth-order valence-electron chi connectivity index (χ4n) is 4.94. The summed E-state index contributed by atoms with van der Waals surface area (Å²) in [5, 5.41) is 9.20. The predicted octanol–water partition coefficient (Wildman–Crippen LogP) is 7.95. The van der Waals surface area contributed by atoms with Gasteiger partial charge in [0.1, 0.15) is 24.0 Å². The summed E-state index contributed by atoms with van der Waals surface area (Å²) in [6.45, 7) is 8.60. The van der Waals surface area contributed by atoms with Crippen molar-refractivity contribution in [1.29, 1.82) is 0 Å². The number of benzene rings is 2. The third-order valence-corrected chi connectivity index (χ3v) is 6.78. The number of carboxylic acid groups (broad SMARTS) is 1. The number of ether oxygens (including phenoxy) is 2. The van der Waals surface area contributed by atoms with Crippen molar-refractivity contribution in [3.05, 3.63) is 77.0 Å². The van der Waals surface area contributed by atoms with Crippen LogP contribution in [0, 0.1) is 17.0 Å². The van der Waals surface area contributed by atoms with Crippen molar-refractivity contribution in [2.45, 2.75) is 72.3 Å². The largest absolute Gasteiger partial charge is 0.489 e. The molecule has 3 aromatic rings. The highest BCUT2D eigenvalue weighted by Gasteiger charge is 2.22. The Bertz CT molecular complexity index is 1260. The molecule has 5 nitrogen and oxygen atoms in total. The summed E-state index contributed by atoms with van der Waals surface area (Å²) in [7, 11) is 1.50. The summed E-state index contributed by atoms with van der Waals surface area (Å²) in [6.07, 6.45) is 4.44. The van der Waals surface area contributed by atoms with Crippen LogP contribution < -0.4 is 9.47 Å². The molecule has 0 amide bonds. The van der Waals surface area contributed by atoms with Crippen LogP contribution in [-0.2, 0) is 17.8 Å². The molecule has 0 bridgehead atoms. The molecule has 3 rings (SSSR count). The first kappa shape index (κ1) is 29.1. The predicted molar refractivity (Wildman–Crippen MR) is 145 cm³/mol. The van der Waals surface area contributed by atoms with Crippen LogP contribution in [0.25, 0.3) is 11.1 Å². The normalized spacial score (nSPS) is 12.3. The van der Waals surface area contributed by atoms with Gasteiger partial charge in [0.2, 0.25) is 5.88 Å². The number of rotatable bonds is 13. The second-order valence-corrected chi connectivity index (χ2v) is 10.5. The summed E-state index contributed by atoms with van der Waals surface area (Å²) in [4.78, 5) is 15.2. The molecule has 0 aliphatic carbocycles. The molecule has 2 aromatic carbocycles. The number of hydrogen-bond acceptors (Lipinski definition) is 4. The number of aromatic nitrogens is 1. The van der Waals surface area contributed by atoms with Gasteiger partial charge in [-0.3, -0.25) is 4.79 Å². The smallest absolute Gasteiger partial charge is 0.303 e. The molecule has 0 fully saturated rings. The van der Waals surface area contributed by atoms with Gasteiger partial charge in [-0.05, 0) is 65.0 Å². The highest BCUT2D eigenvalue weighted by atomic mass is 19.1. The van der Waals surface area contributed by atoms with E-state index >= 15 is 0 Å². The van der Waals surface area contributed by atoms with Gasteiger partial charge in [0.25, 0.3) is 0 Å². The minimum absolute atomic E-state index is 0.00661. The SMILES string of the molecule is CCCC(C)(C)Cc1cc(COc2cc(F)cc(C(CC)CC(=O)O)c2)ccc1-c1cc(OC)ncc1F. The first-order chi connectivity index (χ1) is 18.0. The van der Waals surface area contributed by atoms with Gasteiger partial charge in [-0.25, -0.2) is 13.8 Å². The Morgan fingerprint density at radius 2 is 1.84 bits per heavy atom. The lowest BCUT2D eigenvalue weighted by atomic mass is 9.79. The van der Waals surface area contributed by atoms with E-state index < -0.39 is 17.6 Å². The van der Waals surface area contributed by atoms with Gasteiger partial charge in [-0.1, -0.05) is 52.3 Å². The molecule has 0 aliphatic heterocycles. The van der Waals surface area contributed by atoms with Crippen LogP contribution in [-0.4, -0.2) is 23.2 Å². The van der Waals surface area contributed by atoms with Gasteiger partial charge in [0.15, 0.2) is 0 Å². The zero-order valence-electron chi connectivity index (χ0n) is 22.8. The molecule has 38 heavy (non-hydrogen) atoms. The molecule has 0 radical (unpaired) electrons. The lowest BCUT2D eigenvalue weighted by Gasteiger charge is -2.26. The van der Waals surface area contributed by atoms with Crippen molar-refractivity contribution in [3.63, 3.8) is 0 Å². The fourth-order valence-corrected chi connectivity index (χ4v) is 4.94. The first-order valence-electron chi connectivity index (χ1n) is 13.0. The summed E-state index contributed by atoms with van der Waals surface area (Å²) in [5.74, 6) is -1.45. The number of hydrogen-bond donors (Lipinski definition) is 1. The molecular weight excluding hydrogens is 488 g/mol. The zero-order chi connectivity index (χ0) is 27.9. The second-order valence-electron chi connectivity index (χ2n) is 10.5. The molecule has 0 spiro atoms. The van der Waals surface area contributed by atoms with E-state index in [1.165, 1.54) is 25.4 Å². The van der Waals surface area contributed by atoms with Crippen LogP contribution >= 0.6 is 0 Å². The number of methoxy groups -OCH3 is 1. The lowest BCUT2D eigenvalue weighted by Crippen LogP contribution is -2.15. The third kappa shape index (κ3) is 7.76. The van der Waals surface area contributed by atoms with Crippen molar-refractivity contribution in [2.24, 2.45) is 5.41 Å². The van der Waals surface area contributed by atoms with Crippen LogP contribution in [0.1, 0.15) is 76.0 Å². The van der Waals surface area contributed by atoms with Crippen molar-refractivity contribution in [2.75, 3.05) is 7.11 Å². The van der Waals surface area contributed by atoms with E-state index in [4.69, 9.17) is 9.47 Å². The number of carbonyl (C=O) groups is 1. The van der Waals surface area contributed by atoms with Crippen LogP contribution in [0.4, 0.5) is 8.78 Å². The summed E-state index contributed by atoms with van der Waals surface area (Å²) >= 11 is 0. The maximum absolute atomic E-state index is 14.9. The molecule has 7 heteroatoms. The maximum atomic E-state index is 14.9. The van der Waals surface area contributed by atoms with Gasteiger partial charge in [0, 0.05) is 17.7 Å². The average Bonchev–Trinajstić information content (AvgIpc) is 2.86. The molecule has 0 aliphatic rings. The molecule has 1 heterocycles. The topological polar surface area (TPSA) is 68.7 Å². The Balaban J connectivity index is 1.93. The van der Waals surface area contributed by atoms with Gasteiger partial charge in [-0.15, -0.1) is 0 Å². The van der Waals surface area contributed by atoms with Crippen LogP contribution in [0.2, 0.25) is 0 Å². The Labute approximate surface area is 223 Å². The third-order valence-electron chi connectivity index (χ3n) is 6.78. The molecule has 1 atom stereocenters. The van der Waals surface area contributed by atoms with E-state index in [0.717, 1.165) is 36.0 Å². The molecule has 1 unspecified atom stereocenters. The molecule has 1 N–H and O–H groups in total. The van der Waals surface area contributed by atoms with E-state index in [1.807, 2.05) is 25.1 Å². The van der Waals surface area contributed by atoms with E-state index in [0.29, 0.717) is 29.2 Å². The zero-order valence-corrected chi connectivity index (χ0v) is 22.8. The maximum Gasteiger partial charge on any atom is 0.303 e. The molecule has 0 saturated heterocycles. The van der Waals surface area contributed by atoms with E-state index in [-0.39, 0.29) is 24.4 Å². The van der Waals surface area contributed by atoms with Gasteiger partial charge >= 0.3 is 5.97 Å². The highest BCUT2D eigenvalue weighted by Crippen LogP contribution is 2.36. The van der Waals surface area contributed by atoms with Gasteiger partial charge in [-0.2, -0.15) is 0 Å². The van der Waals surface area contributed by atoms with E-state index in [9.17, 15) is 18.7 Å². The van der Waals surface area contributed by atoms with Crippen LogP contribution in [0.15, 0.2) is 48.7 Å². The monoisotopic (exact) mass is 525 g/mol. The lowest BCUT2D eigenvalue weighted by molar-refractivity contribution is -0.137. The Kier molecular flexibility index (Phi) is 9.84. The molecule has 204 valence electrons. The van der Waals surface area contributed by atoms with Crippen LogP contribution in [0.5, 0.6) is 11.6 Å². The summed E-state index contributed by atoms with van der Waals surface area (Å²) in [5.41, 5.74) is 3.62. The number of halogens is 2. The van der Waals surface area contributed by atoms with Crippen molar-refractivity contribution in [1.82, 2.24) is 4.98 Å². The van der Waals surface area contributed by atoms with Gasteiger partial charge in [0.05, 0.1) is 19.7 Å². The minimum Gasteiger partial charge on any atom is -0.489 e. The Morgan fingerprint density at radius 1 is 1.08 bits per heavy atom. The van der Waals surface area contributed by atoms with Gasteiger partial charge < -0.3 is 14.6 Å². The van der Waals surface area contributed by atoms with E-state index in [2.05, 4.69) is 25.8 Å². The average molecular weight is 526 g/mol. The van der Waals surface area contributed by atoms with Crippen LogP contribution in [0.3, 0.4) is 0 Å². The van der Waals surface area contributed by atoms with Crippen molar-refractivity contribution >= 4 is 5.97 Å². The number of aliphatic carboxylic acids is 1. The highest BCUT2D eigenvalue weighted by molar-refractivity contribution is 5.69. The quantitative estimate of drug-likeness (QED) is 0.245. The number of carboxylic acids is 1. The summed E-state index contributed by atoms with van der Waals surface area (Å²) < 4.78 is 40.4. The van der Waals surface area contributed by atoms with Crippen molar-refractivity contribution in [3.8, 4) is 22.8 Å². The summed E-state index contributed by atoms with van der Waals surface area (Å²) in [6, 6.07) is 11.7. The molecule has 0 saturated carbocycles. The molecular formula is C31H37F2NO4. The number of pyridine rings is 1. The molecule has 1 aromatic heterocycles.